The fourth-order valence-corrected chi connectivity index (χ4v) is 1.84. The Morgan fingerprint density at radius 3 is 2.52 bits per heavy atom. The van der Waals surface area contributed by atoms with Gasteiger partial charge in [-0.1, -0.05) is 6.92 Å². The van der Waals surface area contributed by atoms with Crippen molar-refractivity contribution in [1.82, 2.24) is 10.6 Å². The molecule has 1 aromatic carbocycles. The highest BCUT2D eigenvalue weighted by atomic mass is 16.5. The second-order valence-electron chi connectivity index (χ2n) is 5.41. The number of hydrogen-bond donors (Lipinski definition) is 3. The first-order chi connectivity index (χ1) is 11.1. The lowest BCUT2D eigenvalue weighted by Gasteiger charge is -2.12. The SMILES string of the molecule is CCC(C)NC(=O)c1ccc(NCC(=O)NCCCOC)cc1. The van der Waals surface area contributed by atoms with Gasteiger partial charge in [0.1, 0.15) is 0 Å². The molecule has 1 aromatic rings. The van der Waals surface area contributed by atoms with Crippen LogP contribution in [0.25, 0.3) is 0 Å². The summed E-state index contributed by atoms with van der Waals surface area (Å²) in [6, 6.07) is 7.24. The van der Waals surface area contributed by atoms with E-state index in [9.17, 15) is 9.59 Å². The molecule has 1 unspecified atom stereocenters. The number of benzene rings is 1. The number of anilines is 1. The van der Waals surface area contributed by atoms with E-state index < -0.39 is 0 Å². The first-order valence-corrected chi connectivity index (χ1v) is 7.97. The molecule has 128 valence electrons. The Morgan fingerprint density at radius 1 is 1.22 bits per heavy atom. The fraction of sp³-hybridized carbons (Fsp3) is 0.529. The van der Waals surface area contributed by atoms with E-state index in [0.717, 1.165) is 18.5 Å². The van der Waals surface area contributed by atoms with Gasteiger partial charge in [0.05, 0.1) is 6.54 Å². The van der Waals surface area contributed by atoms with Crippen LogP contribution in [0, 0.1) is 0 Å². The van der Waals surface area contributed by atoms with Crippen molar-refractivity contribution < 1.29 is 14.3 Å². The van der Waals surface area contributed by atoms with Gasteiger partial charge in [-0.3, -0.25) is 9.59 Å². The maximum absolute atomic E-state index is 12.0. The topological polar surface area (TPSA) is 79.5 Å². The lowest BCUT2D eigenvalue weighted by atomic mass is 10.1. The normalized spacial score (nSPS) is 11.6. The number of amides is 2. The Morgan fingerprint density at radius 2 is 1.91 bits per heavy atom. The average molecular weight is 321 g/mol. The molecule has 0 saturated carbocycles. The number of rotatable bonds is 10. The zero-order valence-electron chi connectivity index (χ0n) is 14.1. The van der Waals surface area contributed by atoms with E-state index in [4.69, 9.17) is 4.74 Å². The number of nitrogens with one attached hydrogen (secondary N) is 3. The highest BCUT2D eigenvalue weighted by Gasteiger charge is 2.08. The summed E-state index contributed by atoms with van der Waals surface area (Å²) >= 11 is 0. The van der Waals surface area contributed by atoms with Gasteiger partial charge in [-0.25, -0.2) is 0 Å². The second kappa shape index (κ2) is 10.6. The van der Waals surface area contributed by atoms with Crippen LogP contribution in [0.2, 0.25) is 0 Å². The summed E-state index contributed by atoms with van der Waals surface area (Å²) in [5, 5.41) is 8.74. The third-order valence-corrected chi connectivity index (χ3v) is 3.44. The number of ether oxygens (including phenoxy) is 1. The maximum atomic E-state index is 12.0. The molecule has 2 amide bonds. The predicted octanol–water partition coefficient (Wildman–Crippen LogP) is 1.78. The number of methoxy groups -OCH3 is 1. The van der Waals surface area contributed by atoms with Crippen LogP contribution in [-0.2, 0) is 9.53 Å². The summed E-state index contributed by atoms with van der Waals surface area (Å²) in [7, 11) is 1.64. The molecule has 1 rings (SSSR count). The molecule has 0 bridgehead atoms. The van der Waals surface area contributed by atoms with Gasteiger partial charge in [0.15, 0.2) is 0 Å². The zero-order valence-corrected chi connectivity index (χ0v) is 14.1. The molecule has 0 fully saturated rings. The Balaban J connectivity index is 2.36. The van der Waals surface area contributed by atoms with E-state index >= 15 is 0 Å². The fourth-order valence-electron chi connectivity index (χ4n) is 1.84. The van der Waals surface area contributed by atoms with Crippen LogP contribution in [0.5, 0.6) is 0 Å². The summed E-state index contributed by atoms with van der Waals surface area (Å²) in [4.78, 5) is 23.6. The first kappa shape index (κ1) is 19.0. The van der Waals surface area contributed by atoms with Crippen molar-refractivity contribution in [2.45, 2.75) is 32.7 Å². The summed E-state index contributed by atoms with van der Waals surface area (Å²) in [5.74, 6) is -0.151. The molecule has 0 aliphatic carbocycles. The summed E-state index contributed by atoms with van der Waals surface area (Å²) in [6.07, 6.45) is 1.69. The highest BCUT2D eigenvalue weighted by Crippen LogP contribution is 2.09. The minimum absolute atomic E-state index is 0.0697. The third kappa shape index (κ3) is 7.65. The van der Waals surface area contributed by atoms with Crippen molar-refractivity contribution in [3.8, 4) is 0 Å². The molecule has 1 atom stereocenters. The van der Waals surface area contributed by atoms with E-state index in [2.05, 4.69) is 16.0 Å². The molecule has 0 heterocycles. The minimum Gasteiger partial charge on any atom is -0.385 e. The van der Waals surface area contributed by atoms with Crippen LogP contribution in [0.4, 0.5) is 5.69 Å². The van der Waals surface area contributed by atoms with Gasteiger partial charge in [0, 0.05) is 37.6 Å². The van der Waals surface area contributed by atoms with Gasteiger partial charge in [-0.2, -0.15) is 0 Å². The van der Waals surface area contributed by atoms with Gasteiger partial charge >= 0.3 is 0 Å². The van der Waals surface area contributed by atoms with Gasteiger partial charge in [0.25, 0.3) is 5.91 Å². The molecule has 0 radical (unpaired) electrons. The van der Waals surface area contributed by atoms with Crippen LogP contribution in [-0.4, -0.2) is 44.7 Å². The van der Waals surface area contributed by atoms with Crippen LogP contribution in [0.1, 0.15) is 37.0 Å². The van der Waals surface area contributed by atoms with E-state index in [-0.39, 0.29) is 24.4 Å². The molecule has 6 heteroatoms. The smallest absolute Gasteiger partial charge is 0.251 e. The van der Waals surface area contributed by atoms with Gasteiger partial charge in [0.2, 0.25) is 5.91 Å². The molecular formula is C17H27N3O3. The highest BCUT2D eigenvalue weighted by molar-refractivity contribution is 5.94. The lowest BCUT2D eigenvalue weighted by molar-refractivity contribution is -0.119. The van der Waals surface area contributed by atoms with Crippen molar-refractivity contribution in [3.63, 3.8) is 0 Å². The monoisotopic (exact) mass is 321 g/mol. The summed E-state index contributed by atoms with van der Waals surface area (Å²) in [6.45, 7) is 5.43. The third-order valence-electron chi connectivity index (χ3n) is 3.44. The van der Waals surface area contributed by atoms with E-state index in [0.29, 0.717) is 18.7 Å². The average Bonchev–Trinajstić information content (AvgIpc) is 2.57. The van der Waals surface area contributed by atoms with Gasteiger partial charge < -0.3 is 20.7 Å². The Hall–Kier alpha value is -2.08. The molecule has 23 heavy (non-hydrogen) atoms. The predicted molar refractivity (Wildman–Crippen MR) is 91.7 cm³/mol. The van der Waals surface area contributed by atoms with E-state index in [1.165, 1.54) is 0 Å². The minimum atomic E-state index is -0.0817. The molecule has 6 nitrogen and oxygen atoms in total. The zero-order chi connectivity index (χ0) is 17.1. The molecule has 0 aliphatic rings. The molecule has 0 spiro atoms. The number of carbonyl (C=O) groups excluding carboxylic acids is 2. The van der Waals surface area contributed by atoms with Crippen LogP contribution < -0.4 is 16.0 Å². The van der Waals surface area contributed by atoms with Crippen LogP contribution in [0.3, 0.4) is 0 Å². The van der Waals surface area contributed by atoms with Crippen molar-refractivity contribution in [1.29, 1.82) is 0 Å². The standard InChI is InChI=1S/C17H27N3O3/c1-4-13(2)20-17(22)14-6-8-15(9-7-14)19-12-16(21)18-10-5-11-23-3/h6-9,13,19H,4-5,10-12H2,1-3H3,(H,18,21)(H,20,22). The quantitative estimate of drug-likeness (QED) is 0.574. The van der Waals surface area contributed by atoms with Crippen molar-refractivity contribution in [2.75, 3.05) is 32.1 Å². The van der Waals surface area contributed by atoms with Gasteiger partial charge in [-0.05, 0) is 44.0 Å². The number of carbonyl (C=O) groups is 2. The maximum Gasteiger partial charge on any atom is 0.251 e. The Labute approximate surface area is 138 Å². The van der Waals surface area contributed by atoms with Crippen LogP contribution >= 0.6 is 0 Å². The molecular weight excluding hydrogens is 294 g/mol. The molecule has 0 aromatic heterocycles. The summed E-state index contributed by atoms with van der Waals surface area (Å²) in [5.41, 5.74) is 1.41. The largest absolute Gasteiger partial charge is 0.385 e. The van der Waals surface area contributed by atoms with Crippen molar-refractivity contribution in [2.24, 2.45) is 0 Å². The van der Waals surface area contributed by atoms with Crippen LogP contribution in [0.15, 0.2) is 24.3 Å². The molecule has 0 saturated heterocycles. The van der Waals surface area contributed by atoms with Gasteiger partial charge in [-0.15, -0.1) is 0 Å². The first-order valence-electron chi connectivity index (χ1n) is 7.97. The van der Waals surface area contributed by atoms with Crippen molar-refractivity contribution in [3.05, 3.63) is 29.8 Å². The number of hydrogen-bond acceptors (Lipinski definition) is 4. The molecule has 0 aliphatic heterocycles. The van der Waals surface area contributed by atoms with E-state index in [1.54, 1.807) is 31.4 Å². The van der Waals surface area contributed by atoms with E-state index in [1.807, 2.05) is 13.8 Å². The summed E-state index contributed by atoms with van der Waals surface area (Å²) < 4.78 is 4.91. The Kier molecular flexibility index (Phi) is 8.75. The second-order valence-corrected chi connectivity index (χ2v) is 5.41. The lowest BCUT2D eigenvalue weighted by Crippen LogP contribution is -2.32. The Bertz CT molecular complexity index is 488. The van der Waals surface area contributed by atoms with Crippen molar-refractivity contribution >= 4 is 17.5 Å². The molecule has 3 N–H and O–H groups in total.